The minimum absolute atomic E-state index is 0.112. The van der Waals surface area contributed by atoms with Crippen molar-refractivity contribution < 1.29 is 14.3 Å². The molecular weight excluding hydrogens is 426 g/mol. The molecule has 6 heteroatoms. The van der Waals surface area contributed by atoms with Crippen LogP contribution in [0.5, 0.6) is 0 Å². The molecule has 2 N–H and O–H groups in total. The Labute approximate surface area is 200 Å². The average Bonchev–Trinajstić information content (AvgIpc) is 3.26. The van der Waals surface area contributed by atoms with Crippen molar-refractivity contribution in [3.63, 3.8) is 0 Å². The molecule has 0 radical (unpaired) electrons. The normalized spacial score (nSPS) is 17.8. The zero-order chi connectivity index (χ0) is 24.1. The van der Waals surface area contributed by atoms with Crippen LogP contribution in [0.25, 0.3) is 0 Å². The molecule has 1 fully saturated rings. The highest BCUT2D eigenvalue weighted by Crippen LogP contribution is 2.34. The number of benzene rings is 3. The van der Waals surface area contributed by atoms with Crippen LogP contribution in [-0.4, -0.2) is 35.6 Å². The third kappa shape index (κ3) is 5.95. The van der Waals surface area contributed by atoms with Gasteiger partial charge in [-0.1, -0.05) is 54.6 Å². The molecule has 4 rings (SSSR count). The van der Waals surface area contributed by atoms with Crippen LogP contribution in [0.2, 0.25) is 0 Å². The zero-order valence-corrected chi connectivity index (χ0v) is 19.8. The molecule has 3 aromatic carbocycles. The lowest BCUT2D eigenvalue weighted by Gasteiger charge is -2.24. The lowest BCUT2D eigenvalue weighted by molar-refractivity contribution is -0.119. The Kier molecular flexibility index (Phi) is 6.87. The van der Waals surface area contributed by atoms with Crippen LogP contribution in [0.3, 0.4) is 0 Å². The molecule has 0 aromatic heterocycles. The maximum atomic E-state index is 13.4. The Balaban J connectivity index is 1.51. The van der Waals surface area contributed by atoms with Gasteiger partial charge in [0.25, 0.3) is 0 Å². The van der Waals surface area contributed by atoms with E-state index in [0.29, 0.717) is 18.8 Å². The monoisotopic (exact) mass is 457 g/mol. The number of carbonyl (C=O) groups excluding carboxylic acids is 2. The molecular formula is C28H31N3O3. The minimum atomic E-state index is -0.591. The fraction of sp³-hybridized carbons (Fsp3) is 0.286. The molecule has 1 heterocycles. The van der Waals surface area contributed by atoms with Crippen molar-refractivity contribution in [1.82, 2.24) is 4.90 Å². The highest BCUT2D eigenvalue weighted by Gasteiger charge is 2.41. The zero-order valence-electron chi connectivity index (χ0n) is 19.8. The first-order valence-electron chi connectivity index (χ1n) is 11.5. The molecule has 0 aliphatic carbocycles. The fourth-order valence-electron chi connectivity index (χ4n) is 4.18. The van der Waals surface area contributed by atoms with Crippen LogP contribution in [0.4, 0.5) is 21.9 Å². The Morgan fingerprint density at radius 1 is 0.824 bits per heavy atom. The number of nitrogens with zero attached hydrogens (tertiary/aromatic N) is 1. The van der Waals surface area contributed by atoms with E-state index in [0.717, 1.165) is 16.9 Å². The predicted octanol–water partition coefficient (Wildman–Crippen LogP) is 6.02. The summed E-state index contributed by atoms with van der Waals surface area (Å²) < 4.78 is 5.57. The maximum absolute atomic E-state index is 13.4. The van der Waals surface area contributed by atoms with Crippen LogP contribution in [0.15, 0.2) is 84.9 Å². The number of ether oxygens (including phenoxy) is 1. The van der Waals surface area contributed by atoms with E-state index in [-0.39, 0.29) is 17.7 Å². The average molecular weight is 458 g/mol. The molecule has 1 saturated heterocycles. The summed E-state index contributed by atoms with van der Waals surface area (Å²) in [4.78, 5) is 27.8. The van der Waals surface area contributed by atoms with E-state index >= 15 is 0 Å². The summed E-state index contributed by atoms with van der Waals surface area (Å²) in [6, 6.07) is 27.4. The summed E-state index contributed by atoms with van der Waals surface area (Å²) >= 11 is 0. The third-order valence-electron chi connectivity index (χ3n) is 5.73. The quantitative estimate of drug-likeness (QED) is 0.492. The summed E-state index contributed by atoms with van der Waals surface area (Å²) in [6.45, 7) is 6.28. The topological polar surface area (TPSA) is 70.7 Å². The van der Waals surface area contributed by atoms with Gasteiger partial charge in [-0.05, 0) is 56.7 Å². The first-order valence-corrected chi connectivity index (χ1v) is 11.5. The van der Waals surface area contributed by atoms with Crippen LogP contribution in [0, 0.1) is 5.92 Å². The molecule has 34 heavy (non-hydrogen) atoms. The Morgan fingerprint density at radius 2 is 1.44 bits per heavy atom. The summed E-state index contributed by atoms with van der Waals surface area (Å²) in [5.74, 6) is -0.614. The highest BCUT2D eigenvalue weighted by atomic mass is 16.6. The first kappa shape index (κ1) is 23.4. The Bertz CT molecular complexity index is 1130. The van der Waals surface area contributed by atoms with E-state index in [1.807, 2.05) is 106 Å². The van der Waals surface area contributed by atoms with Gasteiger partial charge in [-0.3, -0.25) is 4.79 Å². The SMILES string of the molecule is CC(C)(C)OC(=O)N1C[C@H](C(=O)Nc2cccc(Nc3ccccc3)c2)[C@@H](c2ccccc2)C1. The van der Waals surface area contributed by atoms with E-state index < -0.39 is 11.7 Å². The van der Waals surface area contributed by atoms with Gasteiger partial charge in [-0.2, -0.15) is 0 Å². The second-order valence-electron chi connectivity index (χ2n) is 9.57. The highest BCUT2D eigenvalue weighted by molar-refractivity contribution is 5.94. The van der Waals surface area contributed by atoms with Gasteiger partial charge in [-0.15, -0.1) is 0 Å². The Morgan fingerprint density at radius 3 is 2.12 bits per heavy atom. The van der Waals surface area contributed by atoms with Crippen molar-refractivity contribution in [2.45, 2.75) is 32.3 Å². The number of hydrogen-bond acceptors (Lipinski definition) is 4. The maximum Gasteiger partial charge on any atom is 0.410 e. The third-order valence-corrected chi connectivity index (χ3v) is 5.73. The number of para-hydroxylation sites is 1. The van der Waals surface area contributed by atoms with Crippen LogP contribution in [0.1, 0.15) is 32.3 Å². The summed E-state index contributed by atoms with van der Waals surface area (Å²) in [5.41, 5.74) is 3.00. The molecule has 2 atom stereocenters. The van der Waals surface area contributed by atoms with Gasteiger partial charge in [-0.25, -0.2) is 4.79 Å². The number of nitrogens with one attached hydrogen (secondary N) is 2. The fourth-order valence-corrected chi connectivity index (χ4v) is 4.18. The largest absolute Gasteiger partial charge is 0.444 e. The standard InChI is InChI=1S/C28H31N3O3/c1-28(2,3)34-27(33)31-18-24(20-11-6-4-7-12-20)25(19-31)26(32)30-23-16-10-15-22(17-23)29-21-13-8-5-9-14-21/h4-17,24-25,29H,18-19H2,1-3H3,(H,30,32)/t24-,25+/m1/s1. The van der Waals surface area contributed by atoms with Crippen molar-refractivity contribution >= 4 is 29.1 Å². The lowest BCUT2D eigenvalue weighted by Crippen LogP contribution is -2.36. The van der Waals surface area contributed by atoms with Crippen LogP contribution >= 0.6 is 0 Å². The molecule has 1 aliphatic rings. The van der Waals surface area contributed by atoms with Gasteiger partial charge in [0.1, 0.15) is 5.60 Å². The van der Waals surface area contributed by atoms with Gasteiger partial charge in [0.15, 0.2) is 0 Å². The second-order valence-corrected chi connectivity index (χ2v) is 9.57. The lowest BCUT2D eigenvalue weighted by atomic mass is 9.88. The van der Waals surface area contributed by atoms with Gasteiger partial charge < -0.3 is 20.3 Å². The van der Waals surface area contributed by atoms with Crippen molar-refractivity contribution in [2.75, 3.05) is 23.7 Å². The molecule has 0 bridgehead atoms. The van der Waals surface area contributed by atoms with Crippen molar-refractivity contribution in [2.24, 2.45) is 5.92 Å². The van der Waals surface area contributed by atoms with E-state index in [4.69, 9.17) is 4.74 Å². The van der Waals surface area contributed by atoms with Gasteiger partial charge >= 0.3 is 6.09 Å². The molecule has 0 unspecified atom stereocenters. The van der Waals surface area contributed by atoms with Crippen molar-refractivity contribution in [3.8, 4) is 0 Å². The number of carbonyl (C=O) groups is 2. The second kappa shape index (κ2) is 10.00. The van der Waals surface area contributed by atoms with E-state index in [9.17, 15) is 9.59 Å². The number of rotatable bonds is 5. The van der Waals surface area contributed by atoms with E-state index in [1.165, 1.54) is 0 Å². The number of likely N-dealkylation sites (tertiary alicyclic amines) is 1. The summed E-state index contributed by atoms with van der Waals surface area (Å²) in [6.07, 6.45) is -0.391. The number of anilines is 3. The minimum Gasteiger partial charge on any atom is -0.444 e. The van der Waals surface area contributed by atoms with Crippen molar-refractivity contribution in [3.05, 3.63) is 90.5 Å². The van der Waals surface area contributed by atoms with Crippen molar-refractivity contribution in [1.29, 1.82) is 0 Å². The molecule has 2 amide bonds. The Hall–Kier alpha value is -3.80. The molecule has 6 nitrogen and oxygen atoms in total. The van der Waals surface area contributed by atoms with Gasteiger partial charge in [0, 0.05) is 36.1 Å². The van der Waals surface area contributed by atoms with Crippen LogP contribution in [-0.2, 0) is 9.53 Å². The number of amides is 2. The molecule has 0 spiro atoms. The van der Waals surface area contributed by atoms with E-state index in [1.54, 1.807) is 4.90 Å². The smallest absolute Gasteiger partial charge is 0.410 e. The van der Waals surface area contributed by atoms with Crippen LogP contribution < -0.4 is 10.6 Å². The first-order chi connectivity index (χ1) is 16.3. The van der Waals surface area contributed by atoms with Gasteiger partial charge in [0.05, 0.1) is 5.92 Å². The predicted molar refractivity (Wildman–Crippen MR) is 135 cm³/mol. The van der Waals surface area contributed by atoms with E-state index in [2.05, 4.69) is 10.6 Å². The summed E-state index contributed by atoms with van der Waals surface area (Å²) in [7, 11) is 0. The number of hydrogen-bond donors (Lipinski definition) is 2. The molecule has 1 aliphatic heterocycles. The van der Waals surface area contributed by atoms with Gasteiger partial charge in [0.2, 0.25) is 5.91 Å². The molecule has 0 saturated carbocycles. The summed E-state index contributed by atoms with van der Waals surface area (Å²) in [5, 5.41) is 6.40. The molecule has 3 aromatic rings. The molecule has 176 valence electrons.